The Morgan fingerprint density at radius 2 is 2.00 bits per heavy atom. The van der Waals surface area contributed by atoms with Gasteiger partial charge in [0, 0.05) is 16.6 Å². The summed E-state index contributed by atoms with van der Waals surface area (Å²) in [6, 6.07) is 8.31. The molecule has 1 aromatic carbocycles. The number of aryl methyl sites for hydroxylation is 1. The predicted octanol–water partition coefficient (Wildman–Crippen LogP) is 4.08. The van der Waals surface area contributed by atoms with Crippen LogP contribution in [0.15, 0.2) is 46.6 Å². The average molecular weight is 379 g/mol. The molecule has 0 fully saturated rings. The van der Waals surface area contributed by atoms with Gasteiger partial charge in [0.2, 0.25) is 0 Å². The number of carbonyl (C=O) groups is 1. The van der Waals surface area contributed by atoms with Crippen molar-refractivity contribution in [3.63, 3.8) is 0 Å². The molecule has 2 N–H and O–H groups in total. The summed E-state index contributed by atoms with van der Waals surface area (Å²) in [6.07, 6.45) is -4.69. The number of nitrogens with zero attached hydrogens (tertiary/aromatic N) is 1. The molecule has 0 bridgehead atoms. The Labute approximate surface area is 149 Å². The maximum Gasteiger partial charge on any atom is 0.431 e. The number of nitrogens with one attached hydrogen (secondary N) is 2. The van der Waals surface area contributed by atoms with E-state index in [9.17, 15) is 22.8 Å². The topological polar surface area (TPSA) is 74.8 Å². The van der Waals surface area contributed by atoms with Crippen molar-refractivity contribution in [1.29, 1.82) is 0 Å². The van der Waals surface area contributed by atoms with Gasteiger partial charge < -0.3 is 10.3 Å². The zero-order valence-electron chi connectivity index (χ0n) is 13.3. The molecule has 9 heteroatoms. The Bertz CT molecular complexity index is 1020. The molecule has 134 valence electrons. The van der Waals surface area contributed by atoms with Gasteiger partial charge in [-0.15, -0.1) is 11.3 Å². The largest absolute Gasteiger partial charge is 0.431 e. The van der Waals surface area contributed by atoms with Crippen molar-refractivity contribution in [2.75, 3.05) is 5.32 Å². The first-order valence-electron chi connectivity index (χ1n) is 7.38. The quantitative estimate of drug-likeness (QED) is 0.720. The fourth-order valence-corrected chi connectivity index (χ4v) is 2.89. The highest BCUT2D eigenvalue weighted by molar-refractivity contribution is 7.09. The number of aromatic amines is 1. The number of H-pyrrole nitrogens is 1. The van der Waals surface area contributed by atoms with Crippen LogP contribution in [0.4, 0.5) is 18.9 Å². The van der Waals surface area contributed by atoms with Gasteiger partial charge in [-0.2, -0.15) is 13.2 Å². The van der Waals surface area contributed by atoms with Gasteiger partial charge in [0.1, 0.15) is 11.3 Å². The minimum Gasteiger partial charge on any atom is -0.322 e. The Morgan fingerprint density at radius 3 is 2.62 bits per heavy atom. The molecule has 0 saturated heterocycles. The monoisotopic (exact) mass is 379 g/mol. The number of thiazole rings is 1. The molecule has 5 nitrogen and oxygen atoms in total. The number of carbonyl (C=O) groups excluding carboxylic acids is 1. The highest BCUT2D eigenvalue weighted by Crippen LogP contribution is 2.27. The summed E-state index contributed by atoms with van der Waals surface area (Å²) in [5.41, 5.74) is -0.807. The Balaban J connectivity index is 1.84. The maximum atomic E-state index is 12.6. The molecule has 0 radical (unpaired) electrons. The van der Waals surface area contributed by atoms with E-state index in [4.69, 9.17) is 0 Å². The Morgan fingerprint density at radius 1 is 1.23 bits per heavy atom. The molecule has 0 unspecified atom stereocenters. The average Bonchev–Trinajstić information content (AvgIpc) is 3.00. The van der Waals surface area contributed by atoms with E-state index in [-0.39, 0.29) is 0 Å². The fraction of sp³-hybridized carbons (Fsp3) is 0.118. The van der Waals surface area contributed by atoms with Gasteiger partial charge in [0.15, 0.2) is 0 Å². The Kier molecular flexibility index (Phi) is 4.64. The lowest BCUT2D eigenvalue weighted by Crippen LogP contribution is -2.25. The number of pyridine rings is 1. The van der Waals surface area contributed by atoms with E-state index < -0.39 is 28.9 Å². The minimum atomic E-state index is -4.69. The molecule has 0 saturated carbocycles. The van der Waals surface area contributed by atoms with E-state index in [1.165, 1.54) is 11.3 Å². The van der Waals surface area contributed by atoms with Crippen molar-refractivity contribution in [2.24, 2.45) is 0 Å². The van der Waals surface area contributed by atoms with E-state index in [1.54, 1.807) is 23.2 Å². The first-order valence-corrected chi connectivity index (χ1v) is 8.26. The van der Waals surface area contributed by atoms with Crippen molar-refractivity contribution in [3.8, 4) is 11.3 Å². The van der Waals surface area contributed by atoms with Crippen molar-refractivity contribution in [1.82, 2.24) is 9.97 Å². The number of hydrogen-bond acceptors (Lipinski definition) is 4. The van der Waals surface area contributed by atoms with Gasteiger partial charge in [-0.25, -0.2) is 4.98 Å². The molecular formula is C17H12F3N3O2S. The molecule has 0 aliphatic carbocycles. The van der Waals surface area contributed by atoms with Crippen LogP contribution in [0, 0.1) is 6.92 Å². The molecule has 0 atom stereocenters. The number of aromatic nitrogens is 2. The van der Waals surface area contributed by atoms with Gasteiger partial charge in [0.25, 0.3) is 11.5 Å². The molecular weight excluding hydrogens is 367 g/mol. The molecule has 26 heavy (non-hydrogen) atoms. The number of amides is 1. The zero-order valence-corrected chi connectivity index (χ0v) is 14.2. The van der Waals surface area contributed by atoms with Gasteiger partial charge >= 0.3 is 6.18 Å². The van der Waals surface area contributed by atoms with Crippen molar-refractivity contribution in [2.45, 2.75) is 13.1 Å². The van der Waals surface area contributed by atoms with Crippen LogP contribution in [-0.2, 0) is 6.18 Å². The molecule has 0 aliphatic heterocycles. The molecule has 2 aromatic heterocycles. The SMILES string of the molecule is Cc1nc(-c2cccc(NC(=O)c3ccc(C(F)(F)F)[nH]c3=O)c2)cs1. The standard InChI is InChI=1S/C17H12F3N3O2S/c1-9-21-13(8-26-9)10-3-2-4-11(7-10)22-15(24)12-5-6-14(17(18,19)20)23-16(12)25/h2-8H,1H3,(H,22,24)(H,23,25). The highest BCUT2D eigenvalue weighted by Gasteiger charge is 2.32. The Hall–Kier alpha value is -2.94. The lowest BCUT2D eigenvalue weighted by molar-refractivity contribution is -0.141. The normalized spacial score (nSPS) is 11.4. The van der Waals surface area contributed by atoms with Crippen LogP contribution in [0.2, 0.25) is 0 Å². The van der Waals surface area contributed by atoms with Gasteiger partial charge in [-0.3, -0.25) is 9.59 Å². The number of benzene rings is 1. The van der Waals surface area contributed by atoms with Crippen LogP contribution in [0.5, 0.6) is 0 Å². The lowest BCUT2D eigenvalue weighted by Gasteiger charge is -2.08. The van der Waals surface area contributed by atoms with Crippen molar-refractivity contribution in [3.05, 3.63) is 68.4 Å². The summed E-state index contributed by atoms with van der Waals surface area (Å²) in [5, 5.41) is 5.28. The van der Waals surface area contributed by atoms with Crippen LogP contribution in [0.1, 0.15) is 21.1 Å². The summed E-state index contributed by atoms with van der Waals surface area (Å²) in [7, 11) is 0. The third kappa shape index (κ3) is 3.83. The molecule has 3 rings (SSSR count). The van der Waals surface area contributed by atoms with Gasteiger partial charge in [-0.05, 0) is 31.2 Å². The first-order chi connectivity index (χ1) is 12.2. The van der Waals surface area contributed by atoms with Crippen LogP contribution >= 0.6 is 11.3 Å². The second kappa shape index (κ2) is 6.75. The van der Waals surface area contributed by atoms with E-state index in [1.807, 2.05) is 18.4 Å². The van der Waals surface area contributed by atoms with Crippen LogP contribution in [0.3, 0.4) is 0 Å². The molecule has 2 heterocycles. The summed E-state index contributed by atoms with van der Waals surface area (Å²) in [4.78, 5) is 30.0. The smallest absolute Gasteiger partial charge is 0.322 e. The van der Waals surface area contributed by atoms with Gasteiger partial charge in [-0.1, -0.05) is 12.1 Å². The van der Waals surface area contributed by atoms with Crippen LogP contribution in [0.25, 0.3) is 11.3 Å². The number of halogens is 3. The van der Waals surface area contributed by atoms with Crippen molar-refractivity contribution < 1.29 is 18.0 Å². The summed E-state index contributed by atoms with van der Waals surface area (Å²) < 4.78 is 37.7. The van der Waals surface area contributed by atoms with E-state index >= 15 is 0 Å². The molecule has 0 aliphatic rings. The number of alkyl halides is 3. The van der Waals surface area contributed by atoms with E-state index in [0.717, 1.165) is 22.3 Å². The zero-order chi connectivity index (χ0) is 18.9. The predicted molar refractivity (Wildman–Crippen MR) is 92.3 cm³/mol. The minimum absolute atomic E-state index is 0.400. The second-order valence-corrected chi connectivity index (χ2v) is 6.46. The molecule has 3 aromatic rings. The summed E-state index contributed by atoms with van der Waals surface area (Å²) in [5.74, 6) is -0.799. The molecule has 0 spiro atoms. The third-order valence-corrected chi connectivity index (χ3v) is 4.27. The number of anilines is 1. The maximum absolute atomic E-state index is 12.6. The van der Waals surface area contributed by atoms with E-state index in [2.05, 4.69) is 10.3 Å². The molecule has 1 amide bonds. The number of rotatable bonds is 3. The summed E-state index contributed by atoms with van der Waals surface area (Å²) in [6.45, 7) is 1.87. The first kappa shape index (κ1) is 17.9. The highest BCUT2D eigenvalue weighted by atomic mass is 32.1. The lowest BCUT2D eigenvalue weighted by atomic mass is 10.1. The number of hydrogen-bond donors (Lipinski definition) is 2. The third-order valence-electron chi connectivity index (χ3n) is 3.49. The fourth-order valence-electron chi connectivity index (χ4n) is 2.27. The van der Waals surface area contributed by atoms with Gasteiger partial charge in [0.05, 0.1) is 10.7 Å². The van der Waals surface area contributed by atoms with Crippen LogP contribution in [-0.4, -0.2) is 15.9 Å². The summed E-state index contributed by atoms with van der Waals surface area (Å²) >= 11 is 1.49. The van der Waals surface area contributed by atoms with Crippen molar-refractivity contribution >= 4 is 22.9 Å². The second-order valence-electron chi connectivity index (χ2n) is 5.40. The van der Waals surface area contributed by atoms with Crippen LogP contribution < -0.4 is 10.9 Å². The van der Waals surface area contributed by atoms with E-state index in [0.29, 0.717) is 11.8 Å².